The maximum absolute atomic E-state index is 9.17. The van der Waals surface area contributed by atoms with Crippen LogP contribution in [-0.2, 0) is 11.3 Å². The van der Waals surface area contributed by atoms with Crippen molar-refractivity contribution in [3.05, 3.63) is 17.7 Å². The van der Waals surface area contributed by atoms with Crippen LogP contribution in [0.5, 0.6) is 17.2 Å². The van der Waals surface area contributed by atoms with Crippen LogP contribution in [0.3, 0.4) is 0 Å². The number of hydrogen-bond acceptors (Lipinski definition) is 5. The van der Waals surface area contributed by atoms with Crippen molar-refractivity contribution in [1.29, 1.82) is 0 Å². The molecule has 5 nitrogen and oxygen atoms in total. The summed E-state index contributed by atoms with van der Waals surface area (Å²) in [6, 6.07) is 3.45. The molecule has 1 aromatic carbocycles. The molecule has 0 heterocycles. The van der Waals surface area contributed by atoms with Crippen LogP contribution in [0.1, 0.15) is 18.9 Å². The fraction of sp³-hybridized carbons (Fsp3) is 0.571. The summed E-state index contributed by atoms with van der Waals surface area (Å²) in [4.78, 5) is 0. The van der Waals surface area contributed by atoms with E-state index < -0.39 is 0 Å². The average molecular weight is 270 g/mol. The Morgan fingerprint density at radius 1 is 1.00 bits per heavy atom. The summed E-state index contributed by atoms with van der Waals surface area (Å²) in [5, 5.41) is 9.17. The minimum absolute atomic E-state index is 0.0768. The van der Waals surface area contributed by atoms with Crippen LogP contribution < -0.4 is 14.2 Å². The third-order valence-electron chi connectivity index (χ3n) is 2.53. The summed E-state index contributed by atoms with van der Waals surface area (Å²) in [5.74, 6) is 1.61. The van der Waals surface area contributed by atoms with Gasteiger partial charge in [-0.15, -0.1) is 0 Å². The van der Waals surface area contributed by atoms with Crippen LogP contribution in [0.2, 0.25) is 0 Å². The Bertz CT molecular complexity index is 353. The second-order valence-corrected chi connectivity index (χ2v) is 3.95. The third-order valence-corrected chi connectivity index (χ3v) is 2.53. The SMILES string of the molecule is CCCOCCOc1c(OC)cc(CO)cc1OC. The molecule has 0 radical (unpaired) electrons. The molecule has 0 aromatic heterocycles. The van der Waals surface area contributed by atoms with E-state index in [1.807, 2.05) is 0 Å². The Hall–Kier alpha value is -1.46. The molecule has 108 valence electrons. The van der Waals surface area contributed by atoms with E-state index in [0.717, 1.165) is 13.0 Å². The Morgan fingerprint density at radius 2 is 1.63 bits per heavy atom. The van der Waals surface area contributed by atoms with Gasteiger partial charge in [0.15, 0.2) is 11.5 Å². The van der Waals surface area contributed by atoms with Crippen molar-refractivity contribution in [3.63, 3.8) is 0 Å². The van der Waals surface area contributed by atoms with Crippen molar-refractivity contribution in [2.75, 3.05) is 34.0 Å². The molecule has 0 bridgehead atoms. The smallest absolute Gasteiger partial charge is 0.203 e. The van der Waals surface area contributed by atoms with Crippen molar-refractivity contribution in [2.45, 2.75) is 20.0 Å². The second-order valence-electron chi connectivity index (χ2n) is 3.95. The maximum Gasteiger partial charge on any atom is 0.203 e. The fourth-order valence-electron chi connectivity index (χ4n) is 1.62. The minimum atomic E-state index is -0.0768. The topological polar surface area (TPSA) is 57.2 Å². The van der Waals surface area contributed by atoms with Gasteiger partial charge < -0.3 is 24.1 Å². The molecule has 0 amide bonds. The first-order valence-electron chi connectivity index (χ1n) is 6.33. The largest absolute Gasteiger partial charge is 0.493 e. The second kappa shape index (κ2) is 8.61. The number of methoxy groups -OCH3 is 2. The third kappa shape index (κ3) is 4.61. The Morgan fingerprint density at radius 3 is 2.11 bits per heavy atom. The van der Waals surface area contributed by atoms with Crippen molar-refractivity contribution < 1.29 is 24.1 Å². The summed E-state index contributed by atoms with van der Waals surface area (Å²) in [6.45, 7) is 3.64. The quantitative estimate of drug-likeness (QED) is 0.696. The lowest BCUT2D eigenvalue weighted by Gasteiger charge is -2.15. The van der Waals surface area contributed by atoms with Crippen molar-refractivity contribution >= 4 is 0 Å². The predicted molar refractivity (Wildman–Crippen MR) is 72.1 cm³/mol. The molecule has 0 saturated heterocycles. The normalized spacial score (nSPS) is 10.3. The molecule has 0 spiro atoms. The van der Waals surface area contributed by atoms with Crippen LogP contribution in [0.15, 0.2) is 12.1 Å². The number of aliphatic hydroxyl groups is 1. The molecule has 0 aliphatic heterocycles. The van der Waals surface area contributed by atoms with Gasteiger partial charge in [0.2, 0.25) is 5.75 Å². The predicted octanol–water partition coefficient (Wildman–Crippen LogP) is 2.00. The molecule has 0 fully saturated rings. The van der Waals surface area contributed by atoms with E-state index in [-0.39, 0.29) is 6.61 Å². The maximum atomic E-state index is 9.17. The van der Waals surface area contributed by atoms with Gasteiger partial charge in [0.1, 0.15) is 6.61 Å². The molecule has 0 aliphatic rings. The van der Waals surface area contributed by atoms with Gasteiger partial charge in [0.05, 0.1) is 27.4 Å². The lowest BCUT2D eigenvalue weighted by atomic mass is 10.2. The van der Waals surface area contributed by atoms with Gasteiger partial charge in [0, 0.05) is 6.61 Å². The van der Waals surface area contributed by atoms with Crippen LogP contribution in [0.25, 0.3) is 0 Å². The molecule has 1 aromatic rings. The van der Waals surface area contributed by atoms with Gasteiger partial charge in [-0.25, -0.2) is 0 Å². The zero-order valence-corrected chi connectivity index (χ0v) is 11.8. The molecule has 0 atom stereocenters. The Balaban J connectivity index is 2.73. The van der Waals surface area contributed by atoms with Crippen LogP contribution in [0, 0.1) is 0 Å². The van der Waals surface area contributed by atoms with Gasteiger partial charge in [-0.3, -0.25) is 0 Å². The van der Waals surface area contributed by atoms with E-state index >= 15 is 0 Å². The first kappa shape index (κ1) is 15.6. The van der Waals surface area contributed by atoms with Gasteiger partial charge in [-0.2, -0.15) is 0 Å². The summed E-state index contributed by atoms with van der Waals surface area (Å²) in [5.41, 5.74) is 0.711. The van der Waals surface area contributed by atoms with Crippen molar-refractivity contribution in [2.24, 2.45) is 0 Å². The molecule has 0 saturated carbocycles. The lowest BCUT2D eigenvalue weighted by Crippen LogP contribution is -2.09. The van der Waals surface area contributed by atoms with Gasteiger partial charge >= 0.3 is 0 Å². The molecule has 5 heteroatoms. The highest BCUT2D eigenvalue weighted by Crippen LogP contribution is 2.38. The summed E-state index contributed by atoms with van der Waals surface area (Å²) in [6.07, 6.45) is 0.984. The van der Waals surface area contributed by atoms with E-state index in [4.69, 9.17) is 24.1 Å². The zero-order chi connectivity index (χ0) is 14.1. The van der Waals surface area contributed by atoms with E-state index in [1.165, 1.54) is 0 Å². The van der Waals surface area contributed by atoms with Crippen LogP contribution in [-0.4, -0.2) is 39.1 Å². The highest BCUT2D eigenvalue weighted by atomic mass is 16.6. The monoisotopic (exact) mass is 270 g/mol. The fourth-order valence-corrected chi connectivity index (χ4v) is 1.62. The van der Waals surface area contributed by atoms with E-state index in [0.29, 0.717) is 36.0 Å². The molecule has 0 aliphatic carbocycles. The lowest BCUT2D eigenvalue weighted by molar-refractivity contribution is 0.0983. The molecule has 19 heavy (non-hydrogen) atoms. The van der Waals surface area contributed by atoms with Gasteiger partial charge in [-0.05, 0) is 24.1 Å². The van der Waals surface area contributed by atoms with E-state index in [9.17, 15) is 0 Å². The van der Waals surface area contributed by atoms with Crippen LogP contribution >= 0.6 is 0 Å². The van der Waals surface area contributed by atoms with Crippen molar-refractivity contribution in [3.8, 4) is 17.2 Å². The van der Waals surface area contributed by atoms with Gasteiger partial charge in [0.25, 0.3) is 0 Å². The minimum Gasteiger partial charge on any atom is -0.493 e. The molecule has 1 N–H and O–H groups in total. The average Bonchev–Trinajstić information content (AvgIpc) is 2.46. The van der Waals surface area contributed by atoms with E-state index in [2.05, 4.69) is 6.92 Å². The van der Waals surface area contributed by atoms with Gasteiger partial charge in [-0.1, -0.05) is 6.92 Å². The highest BCUT2D eigenvalue weighted by Gasteiger charge is 2.13. The Labute approximate surface area is 114 Å². The summed E-state index contributed by atoms with van der Waals surface area (Å²) < 4.78 is 21.5. The molecular weight excluding hydrogens is 248 g/mol. The number of benzene rings is 1. The highest BCUT2D eigenvalue weighted by molar-refractivity contribution is 5.53. The Kier molecular flexibility index (Phi) is 7.07. The zero-order valence-electron chi connectivity index (χ0n) is 11.8. The number of rotatable bonds is 9. The molecule has 0 unspecified atom stereocenters. The number of aliphatic hydroxyl groups excluding tert-OH is 1. The molecule has 1 rings (SSSR count). The first-order valence-corrected chi connectivity index (χ1v) is 6.33. The summed E-state index contributed by atoms with van der Waals surface area (Å²) in [7, 11) is 3.10. The van der Waals surface area contributed by atoms with Crippen molar-refractivity contribution in [1.82, 2.24) is 0 Å². The van der Waals surface area contributed by atoms with E-state index in [1.54, 1.807) is 26.4 Å². The first-order chi connectivity index (χ1) is 9.26. The number of ether oxygens (including phenoxy) is 4. The molecular formula is C14H22O5. The number of hydrogen-bond donors (Lipinski definition) is 1. The standard InChI is InChI=1S/C14H22O5/c1-4-5-18-6-7-19-14-12(16-2)8-11(10-15)9-13(14)17-3/h8-9,15H,4-7,10H2,1-3H3. The summed E-state index contributed by atoms with van der Waals surface area (Å²) >= 11 is 0. The van der Waals surface area contributed by atoms with Crippen LogP contribution in [0.4, 0.5) is 0 Å².